The van der Waals surface area contributed by atoms with Crippen molar-refractivity contribution < 1.29 is 12.4 Å². The molecule has 0 saturated carbocycles. The molecule has 29 heavy (non-hydrogen) atoms. The van der Waals surface area contributed by atoms with E-state index in [-0.39, 0.29) is 12.4 Å². The lowest BCUT2D eigenvalue weighted by atomic mass is 10.2. The maximum atomic E-state index is 2.41. The lowest BCUT2D eigenvalue weighted by Crippen LogP contribution is -3.00. The third kappa shape index (κ3) is 4.05. The molecule has 0 N–H and O–H groups in total. The highest BCUT2D eigenvalue weighted by molar-refractivity contribution is 7.96. The zero-order valence-electron chi connectivity index (χ0n) is 16.8. The second kappa shape index (κ2) is 9.72. The monoisotopic (exact) mass is 436 g/mol. The Morgan fingerprint density at radius 2 is 1.14 bits per heavy atom. The Bertz CT molecular complexity index is 916. The second-order valence-corrected chi connectivity index (χ2v) is 11.7. The van der Waals surface area contributed by atoms with Crippen LogP contribution in [0.1, 0.15) is 29.4 Å². The van der Waals surface area contributed by atoms with E-state index in [9.17, 15) is 0 Å². The number of rotatable bonds is 6. The van der Waals surface area contributed by atoms with Gasteiger partial charge in [-0.3, -0.25) is 0 Å². The molecule has 0 radical (unpaired) electrons. The van der Waals surface area contributed by atoms with Crippen molar-refractivity contribution in [1.29, 1.82) is 0 Å². The first-order chi connectivity index (χ1) is 13.8. The number of benzene rings is 3. The van der Waals surface area contributed by atoms with Crippen LogP contribution in [0, 0.1) is 6.92 Å². The number of aryl methyl sites for hydroxylation is 1. The number of thiophene rings is 1. The van der Waals surface area contributed by atoms with Crippen LogP contribution < -0.4 is 28.3 Å². The van der Waals surface area contributed by atoms with Gasteiger partial charge in [-0.15, -0.1) is 11.3 Å². The molecule has 1 heterocycles. The van der Waals surface area contributed by atoms with Gasteiger partial charge < -0.3 is 12.4 Å². The van der Waals surface area contributed by atoms with Crippen LogP contribution in [0.25, 0.3) is 0 Å². The summed E-state index contributed by atoms with van der Waals surface area (Å²) in [6.07, 6.45) is 1.12. The minimum Gasteiger partial charge on any atom is -1.00 e. The highest BCUT2D eigenvalue weighted by Gasteiger charge is 2.52. The fourth-order valence-electron chi connectivity index (χ4n) is 4.27. The Hall–Kier alpha value is -1.92. The summed E-state index contributed by atoms with van der Waals surface area (Å²) in [7, 11) is -1.86. The van der Waals surface area contributed by atoms with Crippen LogP contribution in [0.5, 0.6) is 0 Å². The average Bonchev–Trinajstić information content (AvgIpc) is 3.19. The SMILES string of the molecule is CCC(c1cc(C)cs1)[P+](c1ccccc1)(c1ccccc1)c1ccccc1.[Cl-]. The van der Waals surface area contributed by atoms with E-state index in [2.05, 4.69) is 116 Å². The van der Waals surface area contributed by atoms with Crippen molar-refractivity contribution in [3.8, 4) is 0 Å². The quantitative estimate of drug-likeness (QED) is 0.406. The first-order valence-electron chi connectivity index (χ1n) is 9.87. The fourth-order valence-corrected chi connectivity index (χ4v) is 10.8. The van der Waals surface area contributed by atoms with E-state index in [0.717, 1.165) is 6.42 Å². The van der Waals surface area contributed by atoms with Gasteiger partial charge in [-0.25, -0.2) is 0 Å². The topological polar surface area (TPSA) is 0 Å². The maximum Gasteiger partial charge on any atom is 0.120 e. The van der Waals surface area contributed by atoms with Gasteiger partial charge in [0.25, 0.3) is 0 Å². The molecule has 148 valence electrons. The molecule has 0 fully saturated rings. The zero-order valence-corrected chi connectivity index (χ0v) is 19.3. The molecule has 0 spiro atoms. The normalized spacial score (nSPS) is 12.2. The van der Waals surface area contributed by atoms with Crippen molar-refractivity contribution in [3.05, 3.63) is 113 Å². The van der Waals surface area contributed by atoms with Gasteiger partial charge in [0.15, 0.2) is 0 Å². The van der Waals surface area contributed by atoms with Crippen molar-refractivity contribution in [1.82, 2.24) is 0 Å². The van der Waals surface area contributed by atoms with Gasteiger partial charge in [0.2, 0.25) is 0 Å². The van der Waals surface area contributed by atoms with Crippen molar-refractivity contribution >= 4 is 34.5 Å². The largest absolute Gasteiger partial charge is 1.00 e. The summed E-state index contributed by atoms with van der Waals surface area (Å²) in [6.45, 7) is 4.56. The molecule has 0 saturated heterocycles. The number of hydrogen-bond donors (Lipinski definition) is 0. The van der Waals surface area contributed by atoms with Crippen LogP contribution in [-0.4, -0.2) is 0 Å². The molecular weight excluding hydrogens is 411 g/mol. The zero-order chi connectivity index (χ0) is 19.4. The minimum absolute atomic E-state index is 0. The summed E-state index contributed by atoms with van der Waals surface area (Å²) in [5.41, 5.74) is 1.84. The Morgan fingerprint density at radius 3 is 1.45 bits per heavy atom. The standard InChI is InChI=1S/C26H26PS.ClH/c1-3-25(26-19-21(2)20-28-26)27(22-13-7-4-8-14-22,23-15-9-5-10-16-23)24-17-11-6-12-18-24;/h4-20,25H,3H2,1-2H3;1H/q+1;/p-1. The summed E-state index contributed by atoms with van der Waals surface area (Å²) in [6, 6.07) is 36.0. The number of halogens is 1. The number of hydrogen-bond acceptors (Lipinski definition) is 1. The van der Waals surface area contributed by atoms with Gasteiger partial charge in [0, 0.05) is 4.88 Å². The molecule has 1 unspecified atom stereocenters. The molecule has 0 aliphatic carbocycles. The van der Waals surface area contributed by atoms with Crippen molar-refractivity contribution in [2.75, 3.05) is 0 Å². The van der Waals surface area contributed by atoms with Crippen LogP contribution in [0.3, 0.4) is 0 Å². The molecule has 0 bridgehead atoms. The highest BCUT2D eigenvalue weighted by Crippen LogP contribution is 2.68. The Kier molecular flexibility index (Phi) is 7.30. The second-order valence-electron chi connectivity index (χ2n) is 7.18. The third-order valence-corrected chi connectivity index (χ3v) is 11.7. The van der Waals surface area contributed by atoms with Crippen LogP contribution in [0.2, 0.25) is 0 Å². The first-order valence-corrected chi connectivity index (χ1v) is 12.6. The van der Waals surface area contributed by atoms with E-state index in [0.29, 0.717) is 5.66 Å². The molecule has 0 aliphatic heterocycles. The van der Waals surface area contributed by atoms with E-state index >= 15 is 0 Å². The molecular formula is C26H26ClPS. The summed E-state index contributed by atoms with van der Waals surface area (Å²) in [5, 5.41) is 6.69. The van der Waals surface area contributed by atoms with Gasteiger partial charge in [-0.2, -0.15) is 0 Å². The first kappa shape index (κ1) is 21.8. The van der Waals surface area contributed by atoms with Crippen LogP contribution >= 0.6 is 18.6 Å². The molecule has 3 heteroatoms. The van der Waals surface area contributed by atoms with E-state index in [1.165, 1.54) is 26.4 Å². The average molecular weight is 437 g/mol. The molecule has 0 nitrogen and oxygen atoms in total. The van der Waals surface area contributed by atoms with E-state index in [1.807, 2.05) is 11.3 Å². The molecule has 1 atom stereocenters. The summed E-state index contributed by atoms with van der Waals surface area (Å²) >= 11 is 1.92. The van der Waals surface area contributed by atoms with E-state index < -0.39 is 7.26 Å². The summed E-state index contributed by atoms with van der Waals surface area (Å²) < 4.78 is 0. The molecule has 0 aliphatic rings. The van der Waals surface area contributed by atoms with Crippen LogP contribution in [-0.2, 0) is 0 Å². The molecule has 4 aromatic rings. The van der Waals surface area contributed by atoms with Gasteiger partial charge in [0.1, 0.15) is 28.8 Å². The molecule has 0 amide bonds. The van der Waals surface area contributed by atoms with Crippen molar-refractivity contribution in [2.24, 2.45) is 0 Å². The van der Waals surface area contributed by atoms with Gasteiger partial charge in [-0.05, 0) is 66.8 Å². The van der Waals surface area contributed by atoms with E-state index in [1.54, 1.807) is 0 Å². The van der Waals surface area contributed by atoms with E-state index in [4.69, 9.17) is 0 Å². The maximum absolute atomic E-state index is 2.41. The lowest BCUT2D eigenvalue weighted by molar-refractivity contribution is -0.00000548. The lowest BCUT2D eigenvalue weighted by Gasteiger charge is -2.34. The predicted molar refractivity (Wildman–Crippen MR) is 127 cm³/mol. The third-order valence-electron chi connectivity index (χ3n) is 5.42. The minimum atomic E-state index is -1.86. The molecule has 1 aromatic heterocycles. The summed E-state index contributed by atoms with van der Waals surface area (Å²) in [5.74, 6) is 0. The molecule has 4 rings (SSSR count). The van der Waals surface area contributed by atoms with Gasteiger partial charge in [0.05, 0.1) is 0 Å². The van der Waals surface area contributed by atoms with Gasteiger partial charge >= 0.3 is 0 Å². The van der Waals surface area contributed by atoms with Crippen LogP contribution in [0.15, 0.2) is 102 Å². The Balaban J connectivity index is 0.00000240. The highest BCUT2D eigenvalue weighted by atomic mass is 35.5. The summed E-state index contributed by atoms with van der Waals surface area (Å²) in [4.78, 5) is 1.50. The van der Waals surface area contributed by atoms with Crippen molar-refractivity contribution in [2.45, 2.75) is 25.9 Å². The van der Waals surface area contributed by atoms with Crippen LogP contribution in [0.4, 0.5) is 0 Å². The Morgan fingerprint density at radius 1 is 0.724 bits per heavy atom. The predicted octanol–water partition coefficient (Wildman–Crippen LogP) is 3.51. The molecule has 3 aromatic carbocycles. The fraction of sp³-hybridized carbons (Fsp3) is 0.154. The smallest absolute Gasteiger partial charge is 0.120 e. The van der Waals surface area contributed by atoms with Crippen molar-refractivity contribution in [3.63, 3.8) is 0 Å². The Labute approximate surface area is 185 Å². The van der Waals surface area contributed by atoms with Gasteiger partial charge in [-0.1, -0.05) is 61.5 Å².